The number of benzene rings is 13. The Bertz CT molecular complexity index is 6760. The Morgan fingerprint density at radius 1 is 0.244 bits per heavy atom. The zero-order valence-corrected chi connectivity index (χ0v) is 71.9. The summed E-state index contributed by atoms with van der Waals surface area (Å²) in [5.74, 6) is 1.27. The van der Waals surface area contributed by atoms with E-state index < -0.39 is 0 Å². The fourth-order valence-electron chi connectivity index (χ4n) is 13.7. The van der Waals surface area contributed by atoms with Crippen molar-refractivity contribution in [3.05, 3.63) is 444 Å². The van der Waals surface area contributed by atoms with Crippen LogP contribution in [0.3, 0.4) is 0 Å². The average molecular weight is 1720 g/mol. The summed E-state index contributed by atoms with van der Waals surface area (Å²) in [4.78, 5) is 87.8. The van der Waals surface area contributed by atoms with Crippen molar-refractivity contribution < 1.29 is 19.2 Å². The van der Waals surface area contributed by atoms with E-state index >= 15 is 0 Å². The van der Waals surface area contributed by atoms with Crippen LogP contribution < -0.4 is 44.2 Å². The van der Waals surface area contributed by atoms with E-state index in [1.54, 1.807) is 24.8 Å². The highest BCUT2D eigenvalue weighted by Crippen LogP contribution is 2.30. The molecule has 0 fully saturated rings. The van der Waals surface area contributed by atoms with Gasteiger partial charge in [0.25, 0.3) is 0 Å². The van der Waals surface area contributed by atoms with Crippen LogP contribution in [0.15, 0.2) is 377 Å². The number of hydrogen-bond acceptors (Lipinski definition) is 16. The van der Waals surface area contributed by atoms with E-state index in [4.69, 9.17) is 42.9 Å². The van der Waals surface area contributed by atoms with Crippen molar-refractivity contribution in [3.8, 4) is 45.0 Å². The summed E-state index contributed by atoms with van der Waals surface area (Å²) >= 11 is 0. The summed E-state index contributed by atoms with van der Waals surface area (Å²) in [5.41, 5.74) is 43.1. The Morgan fingerprint density at radius 2 is 0.511 bits per heavy atom. The molecule has 0 atom stereocenters. The molecule has 17 aromatic rings. The molecule has 4 aromatic heterocycles. The van der Waals surface area contributed by atoms with Crippen molar-refractivity contribution in [2.75, 3.05) is 44.2 Å². The maximum Gasteiger partial charge on any atom is 0.230 e. The first-order valence-electron chi connectivity index (χ1n) is 42.8. The number of hydrogen-bond donors (Lipinski definition) is 8. The molecule has 644 valence electrons. The fraction of sp³-hybridized carbons (Fsp3) is 0.0631. The van der Waals surface area contributed by atoms with Gasteiger partial charge in [0.2, 0.25) is 23.6 Å². The van der Waals surface area contributed by atoms with Gasteiger partial charge in [-0.05, 0) is 147 Å². The molecular formula is C111H96N16O4. The molecule has 20 nitrogen and oxygen atoms in total. The van der Waals surface area contributed by atoms with Gasteiger partial charge in [-0.15, -0.1) is 0 Å². The van der Waals surface area contributed by atoms with E-state index in [1.165, 1.54) is 5.56 Å². The fourth-order valence-corrected chi connectivity index (χ4v) is 13.7. The average Bonchev–Trinajstić information content (AvgIpc) is 0.833. The minimum absolute atomic E-state index is 0.0742. The van der Waals surface area contributed by atoms with Crippen LogP contribution in [0.1, 0.15) is 86.5 Å². The van der Waals surface area contributed by atoms with Crippen molar-refractivity contribution >= 4 is 129 Å². The maximum atomic E-state index is 12.9. The zero-order valence-electron chi connectivity index (χ0n) is 71.9. The number of rotatable bonds is 27. The Hall–Kier alpha value is -17.5. The third-order valence-electron chi connectivity index (χ3n) is 20.6. The van der Waals surface area contributed by atoms with E-state index in [-0.39, 0.29) is 36.5 Å². The van der Waals surface area contributed by atoms with Crippen molar-refractivity contribution in [2.45, 2.75) is 44.9 Å². The van der Waals surface area contributed by atoms with E-state index in [0.29, 0.717) is 111 Å². The molecule has 0 saturated heterocycles. The Labute approximate surface area is 761 Å². The lowest BCUT2D eigenvalue weighted by Crippen LogP contribution is -2.16. The van der Waals surface area contributed by atoms with Crippen LogP contribution in [0.2, 0.25) is 0 Å². The molecule has 4 heterocycles. The van der Waals surface area contributed by atoms with Gasteiger partial charge < -0.3 is 44.2 Å². The molecule has 0 bridgehead atoms. The SMILES string of the molecule is Nc1ccc(-c2cnc(NC(=O)CCCc3ccccc3)c(/C=C/c3ccccc3)n2)cc1.Nc1ccc(-c2cnc(NC(=O)CCc3ccccc3)c(/C=C/c3ccccc3)n2)cc1.Nc1ccc(-c2cnc(NC(=O)Cc3ccc4ccccc4c3)c(/C=C/c3ccccc3)n2)cc1.Nc1ccc(-c2cnc(NC(=O)Cc3ccccc3)c(/C=C/c3ccccc3)n2)cc1. The van der Waals surface area contributed by atoms with Gasteiger partial charge in [0.1, 0.15) is 22.8 Å². The molecule has 4 amide bonds. The number of aryl methyl sites for hydroxylation is 2. The van der Waals surface area contributed by atoms with Crippen LogP contribution in [0.4, 0.5) is 46.0 Å². The minimum Gasteiger partial charge on any atom is -0.399 e. The minimum atomic E-state index is -0.149. The number of amides is 4. The number of nitrogens with zero attached hydrogens (tertiary/aromatic N) is 8. The normalized spacial score (nSPS) is 10.9. The van der Waals surface area contributed by atoms with Gasteiger partial charge in [-0.25, -0.2) is 39.9 Å². The van der Waals surface area contributed by atoms with E-state index in [2.05, 4.69) is 59.4 Å². The lowest BCUT2D eigenvalue weighted by Gasteiger charge is -2.10. The highest BCUT2D eigenvalue weighted by Gasteiger charge is 2.18. The molecule has 0 saturated carbocycles. The first-order chi connectivity index (χ1) is 64.1. The summed E-state index contributed by atoms with van der Waals surface area (Å²) < 4.78 is 0. The molecule has 131 heavy (non-hydrogen) atoms. The lowest BCUT2D eigenvalue weighted by atomic mass is 10.0. The van der Waals surface area contributed by atoms with Gasteiger partial charge in [0, 0.05) is 57.8 Å². The quantitative estimate of drug-likeness (QED) is 0.0222. The summed E-state index contributed by atoms with van der Waals surface area (Å²) in [7, 11) is 0. The van der Waals surface area contributed by atoms with Crippen LogP contribution in [0.5, 0.6) is 0 Å². The molecule has 0 aliphatic rings. The van der Waals surface area contributed by atoms with Crippen LogP contribution in [0, 0.1) is 0 Å². The van der Waals surface area contributed by atoms with Gasteiger partial charge in [-0.2, -0.15) is 0 Å². The number of nitrogens with two attached hydrogens (primary N) is 4. The number of carbonyl (C=O) groups excluding carboxylic acids is 4. The highest BCUT2D eigenvalue weighted by atomic mass is 16.2. The van der Waals surface area contributed by atoms with Gasteiger partial charge in [0.15, 0.2) is 23.3 Å². The summed E-state index contributed by atoms with van der Waals surface area (Å²) in [5, 5.41) is 14.0. The predicted octanol–water partition coefficient (Wildman–Crippen LogP) is 22.6. The smallest absolute Gasteiger partial charge is 0.230 e. The summed E-state index contributed by atoms with van der Waals surface area (Å²) in [6.07, 6.45) is 25.5. The third kappa shape index (κ3) is 28.0. The molecule has 17 rings (SSSR count). The molecule has 12 N–H and O–H groups in total. The first-order valence-corrected chi connectivity index (χ1v) is 42.8. The Balaban J connectivity index is 0.000000141. The van der Waals surface area contributed by atoms with Gasteiger partial charge in [-0.3, -0.25) is 19.2 Å². The predicted molar refractivity (Wildman–Crippen MR) is 535 cm³/mol. The maximum absolute atomic E-state index is 12.9. The number of anilines is 8. The van der Waals surface area contributed by atoms with Crippen LogP contribution in [0.25, 0.3) is 104 Å². The van der Waals surface area contributed by atoms with Gasteiger partial charge >= 0.3 is 0 Å². The van der Waals surface area contributed by atoms with E-state index in [9.17, 15) is 19.2 Å². The van der Waals surface area contributed by atoms with Crippen molar-refractivity contribution in [1.82, 2.24) is 39.9 Å². The second-order valence-corrected chi connectivity index (χ2v) is 30.5. The van der Waals surface area contributed by atoms with Crippen molar-refractivity contribution in [2.24, 2.45) is 0 Å². The summed E-state index contributed by atoms with van der Waals surface area (Å²) in [6, 6.07) is 113. The van der Waals surface area contributed by atoms with Crippen molar-refractivity contribution in [3.63, 3.8) is 0 Å². The molecule has 20 heteroatoms. The van der Waals surface area contributed by atoms with E-state index in [1.807, 2.05) is 382 Å². The second-order valence-electron chi connectivity index (χ2n) is 30.5. The molecule has 0 aliphatic carbocycles. The lowest BCUT2D eigenvalue weighted by molar-refractivity contribution is -0.117. The van der Waals surface area contributed by atoms with Crippen LogP contribution in [-0.2, 0) is 44.9 Å². The van der Waals surface area contributed by atoms with Gasteiger partial charge in [0.05, 0.1) is 60.4 Å². The second kappa shape index (κ2) is 46.4. The molecule has 0 spiro atoms. The first kappa shape index (κ1) is 89.7. The largest absolute Gasteiger partial charge is 0.399 e. The highest BCUT2D eigenvalue weighted by molar-refractivity contribution is 5.97. The monoisotopic (exact) mass is 1720 g/mol. The molecule has 0 radical (unpaired) electrons. The third-order valence-corrected chi connectivity index (χ3v) is 20.6. The van der Waals surface area contributed by atoms with E-state index in [0.717, 1.165) is 84.8 Å². The Kier molecular flexibility index (Phi) is 31.8. The zero-order chi connectivity index (χ0) is 90.6. The molecule has 0 aliphatic heterocycles. The number of nitrogens with one attached hydrogen (secondary N) is 4. The number of carbonyl (C=O) groups is 4. The van der Waals surface area contributed by atoms with Crippen molar-refractivity contribution in [1.29, 1.82) is 0 Å². The van der Waals surface area contributed by atoms with Gasteiger partial charge in [-0.1, -0.05) is 328 Å². The number of aromatic nitrogens is 8. The molecule has 13 aromatic carbocycles. The number of nitrogen functional groups attached to an aromatic ring is 4. The van der Waals surface area contributed by atoms with Crippen LogP contribution in [-0.4, -0.2) is 63.5 Å². The Morgan fingerprint density at radius 3 is 0.840 bits per heavy atom. The number of fused-ring (bicyclic) bond motifs is 1. The topological polar surface area (TPSA) is 324 Å². The molecule has 0 unspecified atom stereocenters. The summed E-state index contributed by atoms with van der Waals surface area (Å²) in [6.45, 7) is 0. The van der Waals surface area contributed by atoms with Crippen LogP contribution >= 0.6 is 0 Å². The molecular weight excluding hydrogens is 1620 g/mol. The standard InChI is InChI=1S/C30H24N4O.C28H26N4O.C27H24N4O.C26H22N4O/c31-26-15-13-24(14-16-26)28-20-32-30(27(33-28)17-11-21-6-2-1-3-7-21)34-29(35)19-22-10-12-23-8-4-5-9-25(23)18-22;29-24-17-15-23(16-18-24)26-20-30-28(25(31-26)19-14-22-10-5-2-6-11-22)32-27(33)13-7-12-21-8-3-1-4-9-21;28-23-15-13-22(14-16-23)25-19-29-27(24(30-25)17-11-20-7-3-1-4-8-20)31-26(32)18-12-21-9-5-2-6-10-21;27-22-14-12-21(13-15-22)24-18-28-26(30-25(31)17-20-9-5-2-6-10-20)23(29-24)16-11-19-7-3-1-4-8-19/h1-18,20H,19,31H2,(H,32,34,35);1-6,8-11,14-20H,7,12-13,29H2,(H,30,32,33);1-11,13-17,19H,12,18,28H2,(H,29,31,32);1-16,18H,17,27H2,(H,28,30,31)/b17-11+;19-14+;17-11+;16-11+.